The van der Waals surface area contributed by atoms with E-state index >= 15 is 0 Å². The smallest absolute Gasteiger partial charge is 0.411 e. The number of nitrogens with one attached hydrogen (secondary N) is 1. The number of aryl methyl sites for hydroxylation is 2. The van der Waals surface area contributed by atoms with Crippen molar-refractivity contribution in [2.24, 2.45) is 7.05 Å². The van der Waals surface area contributed by atoms with Gasteiger partial charge in [0.2, 0.25) is 6.33 Å². The van der Waals surface area contributed by atoms with E-state index in [1.54, 1.807) is 0 Å². The van der Waals surface area contributed by atoms with E-state index in [2.05, 4.69) is 10.1 Å². The first kappa shape index (κ1) is 21.3. The summed E-state index contributed by atoms with van der Waals surface area (Å²) in [7, 11) is -0.987. The van der Waals surface area contributed by atoms with Gasteiger partial charge in [0, 0.05) is 6.42 Å². The van der Waals surface area contributed by atoms with Gasteiger partial charge in [-0.1, -0.05) is 23.2 Å². The Labute approximate surface area is 166 Å². The van der Waals surface area contributed by atoms with Crippen LogP contribution in [0.3, 0.4) is 0 Å². The molecule has 1 aromatic heterocycles. The zero-order valence-corrected chi connectivity index (χ0v) is 16.9. The van der Waals surface area contributed by atoms with Gasteiger partial charge in [-0.2, -0.15) is 0 Å². The number of sulfonamides is 1. The number of ether oxygens (including phenoxy) is 1. The molecule has 0 fully saturated rings. The van der Waals surface area contributed by atoms with Crippen molar-refractivity contribution in [2.45, 2.75) is 13.0 Å². The van der Waals surface area contributed by atoms with E-state index in [1.165, 1.54) is 19.2 Å². The number of aromatic nitrogens is 2. The maximum Gasteiger partial charge on any atom is 0.411 e. The average Bonchev–Trinajstić information content (AvgIpc) is 3.02. The second kappa shape index (κ2) is 8.79. The highest BCUT2D eigenvalue weighted by Gasteiger charge is 2.23. The Morgan fingerprint density at radius 1 is 1.37 bits per heavy atom. The van der Waals surface area contributed by atoms with Crippen molar-refractivity contribution in [3.05, 3.63) is 40.9 Å². The predicted molar refractivity (Wildman–Crippen MR) is 101 cm³/mol. The number of rotatable bonds is 7. The molecule has 9 nitrogen and oxygen atoms in total. The second-order valence-electron chi connectivity index (χ2n) is 5.63. The standard InChI is InChI=1S/C15H18Cl2N4O5S/c1-19-5-6-20(10-19)4-3-7-27(24,25)21(23)11-8-12(16)14(13(17)9-11)18-15(22)26-2/h5-6,8-10,23H,3-4,7H2,1-2H3/p+1. The normalized spacial score (nSPS) is 11.3. The molecule has 2 N–H and O–H groups in total. The minimum atomic E-state index is -4.01. The number of hydrogen-bond donors (Lipinski definition) is 2. The van der Waals surface area contributed by atoms with E-state index in [0.717, 1.165) is 0 Å². The average molecular weight is 438 g/mol. The highest BCUT2D eigenvalue weighted by atomic mass is 35.5. The van der Waals surface area contributed by atoms with E-state index in [9.17, 15) is 18.4 Å². The van der Waals surface area contributed by atoms with E-state index in [0.29, 0.717) is 6.54 Å². The Bertz CT molecular complexity index is 909. The molecule has 0 bridgehead atoms. The predicted octanol–water partition coefficient (Wildman–Crippen LogP) is 2.41. The Kier molecular flexibility index (Phi) is 6.93. The first-order valence-electron chi connectivity index (χ1n) is 7.71. The second-order valence-corrected chi connectivity index (χ2v) is 8.36. The summed E-state index contributed by atoms with van der Waals surface area (Å²) < 4.78 is 32.9. The molecule has 1 amide bonds. The van der Waals surface area contributed by atoms with Crippen LogP contribution in [0.25, 0.3) is 0 Å². The Morgan fingerprint density at radius 3 is 2.52 bits per heavy atom. The molecule has 12 heteroatoms. The third-order valence-corrected chi connectivity index (χ3v) is 5.70. The molecular formula is C15H19Cl2N4O5S+. The summed E-state index contributed by atoms with van der Waals surface area (Å²) in [6, 6.07) is 2.34. The van der Waals surface area contributed by atoms with Crippen molar-refractivity contribution in [1.29, 1.82) is 0 Å². The minimum absolute atomic E-state index is 0.0419. The van der Waals surface area contributed by atoms with Crippen LogP contribution < -0.4 is 14.4 Å². The largest absolute Gasteiger partial charge is 0.453 e. The van der Waals surface area contributed by atoms with Crippen LogP contribution in [0.2, 0.25) is 10.0 Å². The Balaban J connectivity index is 2.10. The molecule has 148 valence electrons. The summed E-state index contributed by atoms with van der Waals surface area (Å²) in [5.41, 5.74) is -0.104. The van der Waals surface area contributed by atoms with Gasteiger partial charge in [-0.15, -0.1) is 4.47 Å². The van der Waals surface area contributed by atoms with Crippen molar-refractivity contribution in [1.82, 2.24) is 4.57 Å². The molecule has 1 aromatic carbocycles. The van der Waals surface area contributed by atoms with Crippen LogP contribution in [-0.4, -0.2) is 37.1 Å². The van der Waals surface area contributed by atoms with E-state index in [1.807, 2.05) is 34.9 Å². The third kappa shape index (κ3) is 5.48. The summed E-state index contributed by atoms with van der Waals surface area (Å²) in [5, 5.41) is 12.3. The number of carbonyl (C=O) groups excluding carboxylic acids is 1. The molecule has 1 heterocycles. The van der Waals surface area contributed by atoms with Gasteiger partial charge in [0.05, 0.1) is 47.9 Å². The van der Waals surface area contributed by atoms with Crippen molar-refractivity contribution in [2.75, 3.05) is 22.6 Å². The van der Waals surface area contributed by atoms with Crippen molar-refractivity contribution >= 4 is 50.7 Å². The Hall–Kier alpha value is -2.01. The van der Waals surface area contributed by atoms with Crippen LogP contribution in [0.1, 0.15) is 6.42 Å². The number of halogens is 2. The molecule has 0 saturated heterocycles. The van der Waals surface area contributed by atoms with Crippen LogP contribution in [-0.2, 0) is 28.4 Å². The number of anilines is 2. The number of nitrogens with zero attached hydrogens (tertiary/aromatic N) is 3. The molecule has 27 heavy (non-hydrogen) atoms. The van der Waals surface area contributed by atoms with Gasteiger partial charge in [0.25, 0.3) is 10.0 Å². The fraction of sp³-hybridized carbons (Fsp3) is 0.333. The third-order valence-electron chi connectivity index (χ3n) is 3.57. The summed E-state index contributed by atoms with van der Waals surface area (Å²) in [6.45, 7) is 0.470. The SMILES string of the molecule is COC(=O)Nc1c(Cl)cc(N(O)S(=O)(=O)CCCn2cc[n+](C)c2)cc1Cl. The van der Waals surface area contributed by atoms with Crippen LogP contribution in [0.15, 0.2) is 30.9 Å². The molecule has 0 unspecified atom stereocenters. The maximum absolute atomic E-state index is 12.3. The van der Waals surface area contributed by atoms with E-state index in [4.69, 9.17) is 23.2 Å². The molecular weight excluding hydrogens is 419 g/mol. The zero-order chi connectivity index (χ0) is 20.2. The van der Waals surface area contributed by atoms with E-state index in [-0.39, 0.29) is 38.1 Å². The van der Waals surface area contributed by atoms with Gasteiger partial charge >= 0.3 is 6.09 Å². The molecule has 0 spiro atoms. The first-order chi connectivity index (χ1) is 12.6. The summed E-state index contributed by atoms with van der Waals surface area (Å²) in [5.74, 6) is -0.289. The lowest BCUT2D eigenvalue weighted by Crippen LogP contribution is -2.30. The van der Waals surface area contributed by atoms with Gasteiger partial charge < -0.3 is 4.74 Å². The molecule has 0 aliphatic rings. The highest BCUT2D eigenvalue weighted by molar-refractivity contribution is 7.92. The van der Waals surface area contributed by atoms with Crippen LogP contribution in [0, 0.1) is 0 Å². The summed E-state index contributed by atoms with van der Waals surface area (Å²) in [6.07, 6.45) is 4.96. The maximum atomic E-state index is 12.3. The van der Waals surface area contributed by atoms with Crippen molar-refractivity contribution in [3.8, 4) is 0 Å². The zero-order valence-electron chi connectivity index (χ0n) is 14.6. The fourth-order valence-electron chi connectivity index (χ4n) is 2.25. The number of carbonyl (C=O) groups is 1. The topological polar surface area (TPSA) is 105 Å². The monoisotopic (exact) mass is 437 g/mol. The summed E-state index contributed by atoms with van der Waals surface area (Å²) in [4.78, 5) is 11.3. The van der Waals surface area contributed by atoms with Crippen LogP contribution >= 0.6 is 23.2 Å². The molecule has 2 rings (SSSR count). The van der Waals surface area contributed by atoms with Gasteiger partial charge in [0.15, 0.2) is 0 Å². The number of benzene rings is 1. The van der Waals surface area contributed by atoms with Gasteiger partial charge in [-0.3, -0.25) is 10.5 Å². The number of amides is 1. The number of methoxy groups -OCH3 is 1. The van der Waals surface area contributed by atoms with Crippen molar-refractivity contribution in [3.63, 3.8) is 0 Å². The van der Waals surface area contributed by atoms with Crippen molar-refractivity contribution < 1.29 is 27.7 Å². The highest BCUT2D eigenvalue weighted by Crippen LogP contribution is 2.35. The lowest BCUT2D eigenvalue weighted by atomic mass is 10.3. The fourth-order valence-corrected chi connectivity index (χ4v) is 3.92. The number of imidazole rings is 1. The quantitative estimate of drug-likeness (QED) is 0.511. The van der Waals surface area contributed by atoms with Gasteiger partial charge in [-0.05, 0) is 12.1 Å². The van der Waals surface area contributed by atoms with Crippen LogP contribution in [0.5, 0.6) is 0 Å². The lowest BCUT2D eigenvalue weighted by molar-refractivity contribution is -0.671. The van der Waals surface area contributed by atoms with E-state index < -0.39 is 16.1 Å². The number of hydrogen-bond acceptors (Lipinski definition) is 5. The minimum Gasteiger partial charge on any atom is -0.453 e. The Morgan fingerprint density at radius 2 is 2.00 bits per heavy atom. The molecule has 0 radical (unpaired) electrons. The molecule has 2 aromatic rings. The van der Waals surface area contributed by atoms with Crippen LogP contribution in [0.4, 0.5) is 16.2 Å². The molecule has 0 atom stereocenters. The van der Waals surface area contributed by atoms with Gasteiger partial charge in [-0.25, -0.2) is 22.3 Å². The molecule has 0 aliphatic heterocycles. The first-order valence-corrected chi connectivity index (χ1v) is 10.1. The van der Waals surface area contributed by atoms with Gasteiger partial charge in [0.1, 0.15) is 12.4 Å². The summed E-state index contributed by atoms with van der Waals surface area (Å²) >= 11 is 12.0. The lowest BCUT2D eigenvalue weighted by Gasteiger charge is -2.18. The molecule has 0 aliphatic carbocycles. The molecule has 0 saturated carbocycles.